The molecule has 4 rings (SSSR count). The molecule has 37 heavy (non-hydrogen) atoms. The summed E-state index contributed by atoms with van der Waals surface area (Å²) in [6.07, 6.45) is -3.65. The molecule has 0 spiro atoms. The largest absolute Gasteiger partial charge is 0.416 e. The molecule has 1 saturated heterocycles. The Morgan fingerprint density at radius 2 is 1.73 bits per heavy atom. The Balaban J connectivity index is 1.43. The number of benzene rings is 2. The zero-order valence-electron chi connectivity index (χ0n) is 20.9. The average Bonchev–Trinajstić information content (AvgIpc) is 2.86. The first-order chi connectivity index (χ1) is 17.5. The number of nitrogens with one attached hydrogen (secondary N) is 1. The van der Waals surface area contributed by atoms with Gasteiger partial charge in [-0.1, -0.05) is 18.2 Å². The number of nitrogens with zero attached hydrogens (tertiary/aromatic N) is 5. The summed E-state index contributed by atoms with van der Waals surface area (Å²) in [6.45, 7) is 3.33. The van der Waals surface area contributed by atoms with E-state index in [1.165, 1.54) is 10.4 Å². The summed E-state index contributed by atoms with van der Waals surface area (Å²) in [5.41, 5.74) is -0.153. The van der Waals surface area contributed by atoms with Gasteiger partial charge in [0.25, 0.3) is 0 Å². The molecular weight excluding hydrogens is 505 g/mol. The van der Waals surface area contributed by atoms with Crippen molar-refractivity contribution in [1.29, 1.82) is 0 Å². The molecule has 0 aliphatic carbocycles. The molecule has 1 aliphatic rings. The van der Waals surface area contributed by atoms with Crippen LogP contribution in [0.4, 0.5) is 19.0 Å². The summed E-state index contributed by atoms with van der Waals surface area (Å²) >= 11 is 0. The first-order valence-electron chi connectivity index (χ1n) is 12.1. The van der Waals surface area contributed by atoms with E-state index >= 15 is 0 Å². The van der Waals surface area contributed by atoms with Gasteiger partial charge in [0.05, 0.1) is 22.5 Å². The molecular formula is C25H31F3N6O2S. The van der Waals surface area contributed by atoms with Crippen LogP contribution in [-0.4, -0.2) is 85.9 Å². The predicted octanol–water partition coefficient (Wildman–Crippen LogP) is 3.52. The summed E-state index contributed by atoms with van der Waals surface area (Å²) < 4.78 is 66.4. The fraction of sp³-hybridized carbons (Fsp3) is 0.440. The van der Waals surface area contributed by atoms with E-state index in [1.54, 1.807) is 0 Å². The maximum Gasteiger partial charge on any atom is 0.416 e. The minimum absolute atomic E-state index is 0.168. The van der Waals surface area contributed by atoms with Gasteiger partial charge in [-0.05, 0) is 57.4 Å². The van der Waals surface area contributed by atoms with E-state index in [4.69, 9.17) is 9.97 Å². The summed E-state index contributed by atoms with van der Waals surface area (Å²) in [5, 5.41) is 4.36. The van der Waals surface area contributed by atoms with E-state index in [1.807, 2.05) is 38.4 Å². The van der Waals surface area contributed by atoms with E-state index in [0.29, 0.717) is 31.5 Å². The Morgan fingerprint density at radius 3 is 2.43 bits per heavy atom. The topological polar surface area (TPSA) is 81.7 Å². The lowest BCUT2D eigenvalue weighted by Crippen LogP contribution is -2.48. The third-order valence-electron chi connectivity index (χ3n) is 6.22. The lowest BCUT2D eigenvalue weighted by atomic mass is 10.2. The molecule has 1 fully saturated rings. The van der Waals surface area contributed by atoms with Crippen molar-refractivity contribution in [1.82, 2.24) is 24.1 Å². The van der Waals surface area contributed by atoms with E-state index < -0.39 is 21.8 Å². The van der Waals surface area contributed by atoms with Crippen LogP contribution in [0.2, 0.25) is 0 Å². The van der Waals surface area contributed by atoms with E-state index in [0.717, 1.165) is 48.4 Å². The van der Waals surface area contributed by atoms with Crippen molar-refractivity contribution < 1.29 is 21.6 Å². The van der Waals surface area contributed by atoms with Crippen LogP contribution in [0.5, 0.6) is 0 Å². The molecule has 0 amide bonds. The zero-order chi connectivity index (χ0) is 26.6. The number of aromatic nitrogens is 2. The lowest BCUT2D eigenvalue weighted by Gasteiger charge is -2.33. The van der Waals surface area contributed by atoms with E-state index in [-0.39, 0.29) is 18.0 Å². The second-order valence-corrected chi connectivity index (χ2v) is 11.2. The van der Waals surface area contributed by atoms with Gasteiger partial charge >= 0.3 is 6.18 Å². The normalized spacial score (nSPS) is 15.9. The molecule has 0 unspecified atom stereocenters. The average molecular weight is 537 g/mol. The summed E-state index contributed by atoms with van der Waals surface area (Å²) in [4.78, 5) is 13.3. The van der Waals surface area contributed by atoms with Crippen LogP contribution in [-0.2, 0) is 22.7 Å². The summed E-state index contributed by atoms with van der Waals surface area (Å²) in [7, 11) is 0.0274. The van der Waals surface area contributed by atoms with Crippen molar-refractivity contribution >= 4 is 26.7 Å². The fourth-order valence-electron chi connectivity index (χ4n) is 4.24. The molecule has 0 radical (unpaired) electrons. The Morgan fingerprint density at radius 1 is 1.00 bits per heavy atom. The molecule has 0 atom stereocenters. The minimum Gasteiger partial charge on any atom is -0.369 e. The third kappa shape index (κ3) is 6.75. The molecule has 1 aromatic heterocycles. The van der Waals surface area contributed by atoms with Gasteiger partial charge in [0.2, 0.25) is 10.0 Å². The van der Waals surface area contributed by atoms with Gasteiger partial charge in [0.15, 0.2) is 0 Å². The third-order valence-corrected chi connectivity index (χ3v) is 8.11. The maximum atomic E-state index is 13.1. The van der Waals surface area contributed by atoms with Gasteiger partial charge in [0, 0.05) is 38.1 Å². The Kier molecular flexibility index (Phi) is 8.32. The lowest BCUT2D eigenvalue weighted by molar-refractivity contribution is -0.137. The number of halogens is 3. The van der Waals surface area contributed by atoms with Crippen LogP contribution in [0.25, 0.3) is 10.9 Å². The number of piperazine rings is 1. The summed E-state index contributed by atoms with van der Waals surface area (Å²) in [6, 6.07) is 11.7. The molecule has 1 aliphatic heterocycles. The smallest absolute Gasteiger partial charge is 0.369 e. The molecule has 0 bridgehead atoms. The quantitative estimate of drug-likeness (QED) is 0.419. The van der Waals surface area contributed by atoms with Gasteiger partial charge < -0.3 is 10.2 Å². The number of anilines is 1. The van der Waals surface area contributed by atoms with Crippen molar-refractivity contribution in [3.63, 3.8) is 0 Å². The fourth-order valence-corrected chi connectivity index (χ4v) is 5.71. The molecule has 0 saturated carbocycles. The van der Waals surface area contributed by atoms with Gasteiger partial charge in [0.1, 0.15) is 11.6 Å². The zero-order valence-corrected chi connectivity index (χ0v) is 21.7. The second-order valence-electron chi connectivity index (χ2n) is 9.30. The maximum absolute atomic E-state index is 13.1. The Hall–Kier alpha value is -2.80. The minimum atomic E-state index is -4.61. The highest BCUT2D eigenvalue weighted by atomic mass is 32.2. The van der Waals surface area contributed by atoms with E-state index in [9.17, 15) is 21.6 Å². The van der Waals surface area contributed by atoms with Crippen molar-refractivity contribution in [2.24, 2.45) is 0 Å². The molecule has 200 valence electrons. The van der Waals surface area contributed by atoms with Crippen LogP contribution in [0.15, 0.2) is 53.4 Å². The molecule has 8 nitrogen and oxygen atoms in total. The summed E-state index contributed by atoms with van der Waals surface area (Å²) in [5.74, 6) is 1.40. The van der Waals surface area contributed by atoms with Crippen LogP contribution in [0.1, 0.15) is 17.8 Å². The van der Waals surface area contributed by atoms with Gasteiger partial charge in [-0.25, -0.2) is 18.4 Å². The molecule has 1 N–H and O–H groups in total. The number of rotatable bonds is 9. The highest BCUT2D eigenvalue weighted by molar-refractivity contribution is 7.89. The number of hydrogen-bond donors (Lipinski definition) is 1. The predicted molar refractivity (Wildman–Crippen MR) is 137 cm³/mol. The number of para-hydroxylation sites is 1. The van der Waals surface area contributed by atoms with Crippen LogP contribution < -0.4 is 5.32 Å². The monoisotopic (exact) mass is 536 g/mol. The van der Waals surface area contributed by atoms with Crippen LogP contribution in [0.3, 0.4) is 0 Å². The number of alkyl halides is 3. The van der Waals surface area contributed by atoms with Crippen molar-refractivity contribution in [3.05, 3.63) is 59.9 Å². The van der Waals surface area contributed by atoms with Gasteiger partial charge in [-0.15, -0.1) is 0 Å². The van der Waals surface area contributed by atoms with Gasteiger partial charge in [-0.3, -0.25) is 4.90 Å². The van der Waals surface area contributed by atoms with Crippen molar-refractivity contribution in [2.45, 2.75) is 24.0 Å². The highest BCUT2D eigenvalue weighted by Crippen LogP contribution is 2.31. The van der Waals surface area contributed by atoms with Crippen LogP contribution in [0, 0.1) is 0 Å². The number of fused-ring (bicyclic) bond motifs is 1. The molecule has 12 heteroatoms. The highest BCUT2D eigenvalue weighted by Gasteiger charge is 2.34. The molecule has 3 aromatic rings. The van der Waals surface area contributed by atoms with Gasteiger partial charge in [-0.2, -0.15) is 17.5 Å². The SMILES string of the molecule is CN(C)CCCNc1nc(CN2CCN(S(=O)(=O)c3cccc(C(F)(F)F)c3)CC2)nc2ccccc12. The first-order valence-corrected chi connectivity index (χ1v) is 13.5. The molecule has 2 heterocycles. The van der Waals surface area contributed by atoms with E-state index in [2.05, 4.69) is 15.1 Å². The Labute approximate surface area is 215 Å². The van der Waals surface area contributed by atoms with Crippen LogP contribution >= 0.6 is 0 Å². The van der Waals surface area contributed by atoms with Crippen molar-refractivity contribution in [3.8, 4) is 0 Å². The number of hydrogen-bond acceptors (Lipinski definition) is 7. The number of sulfonamides is 1. The second kappa shape index (κ2) is 11.3. The Bertz CT molecular complexity index is 1330. The molecule has 2 aromatic carbocycles. The standard InChI is InChI=1S/C25H31F3N6O2S/c1-32(2)12-6-11-29-24-21-9-3-4-10-22(21)30-23(31-24)18-33-13-15-34(16-14-33)37(35,36)20-8-5-7-19(17-20)25(26,27)28/h3-5,7-10,17H,6,11-16,18H2,1-2H3,(H,29,30,31). The first kappa shape index (κ1) is 27.2. The van der Waals surface area contributed by atoms with Crippen molar-refractivity contribution in [2.75, 3.05) is 58.7 Å².